The van der Waals surface area contributed by atoms with Crippen LogP contribution in [-0.4, -0.2) is 16.8 Å². The minimum absolute atomic E-state index is 0.0996. The fourth-order valence-corrected chi connectivity index (χ4v) is 3.49. The molecule has 2 aromatic carbocycles. The van der Waals surface area contributed by atoms with Gasteiger partial charge in [-0.1, -0.05) is 18.2 Å². The van der Waals surface area contributed by atoms with Gasteiger partial charge in [-0.15, -0.1) is 0 Å². The Morgan fingerprint density at radius 3 is 2.48 bits per heavy atom. The van der Waals surface area contributed by atoms with Gasteiger partial charge in [-0.05, 0) is 61.4 Å². The highest BCUT2D eigenvalue weighted by atomic mass is 19.1. The second-order valence-electron chi connectivity index (χ2n) is 6.96. The molecule has 0 spiro atoms. The third kappa shape index (κ3) is 3.12. The predicted octanol–water partition coefficient (Wildman–Crippen LogP) is 4.66. The molecule has 1 atom stereocenters. The van der Waals surface area contributed by atoms with Crippen LogP contribution in [0.1, 0.15) is 28.5 Å². The molecule has 29 heavy (non-hydrogen) atoms. The van der Waals surface area contributed by atoms with Gasteiger partial charge in [-0.3, -0.25) is 14.5 Å². The average molecular weight is 391 g/mol. The smallest absolute Gasteiger partial charge is 0.300 e. The van der Waals surface area contributed by atoms with Crippen molar-refractivity contribution in [2.24, 2.45) is 0 Å². The summed E-state index contributed by atoms with van der Waals surface area (Å²) in [6.07, 6.45) is 1.41. The highest BCUT2D eigenvalue weighted by Crippen LogP contribution is 2.42. The summed E-state index contributed by atoms with van der Waals surface area (Å²) < 4.78 is 19.3. The molecule has 6 heteroatoms. The van der Waals surface area contributed by atoms with E-state index in [2.05, 4.69) is 0 Å². The summed E-state index contributed by atoms with van der Waals surface area (Å²) in [5, 5.41) is 11.0. The Morgan fingerprint density at radius 1 is 1.03 bits per heavy atom. The number of carbonyl (C=O) groups is 2. The maximum atomic E-state index is 13.8. The number of hydrogen-bond acceptors (Lipinski definition) is 4. The maximum Gasteiger partial charge on any atom is 0.300 e. The zero-order valence-corrected chi connectivity index (χ0v) is 15.8. The molecule has 1 N–H and O–H groups in total. The van der Waals surface area contributed by atoms with Gasteiger partial charge in [-0.25, -0.2) is 4.39 Å². The number of ketones is 1. The van der Waals surface area contributed by atoms with Gasteiger partial charge in [0.15, 0.2) is 0 Å². The van der Waals surface area contributed by atoms with Crippen LogP contribution >= 0.6 is 0 Å². The van der Waals surface area contributed by atoms with E-state index in [1.807, 2.05) is 19.9 Å². The number of aryl methyl sites for hydroxylation is 2. The van der Waals surface area contributed by atoms with Gasteiger partial charge in [0.1, 0.15) is 23.4 Å². The molecule has 0 bridgehead atoms. The number of benzene rings is 2. The zero-order chi connectivity index (χ0) is 20.7. The van der Waals surface area contributed by atoms with E-state index < -0.39 is 23.5 Å². The first kappa shape index (κ1) is 18.7. The van der Waals surface area contributed by atoms with Crippen LogP contribution in [0.3, 0.4) is 0 Å². The molecule has 146 valence electrons. The van der Waals surface area contributed by atoms with Crippen LogP contribution in [0.5, 0.6) is 0 Å². The lowest BCUT2D eigenvalue weighted by Gasteiger charge is -2.23. The molecule has 4 rings (SSSR count). The molecule has 0 saturated carbocycles. The Labute approximate surface area is 166 Å². The number of aliphatic hydroxyl groups excluding tert-OH is 1. The molecule has 1 amide bonds. The molecule has 1 saturated heterocycles. The van der Waals surface area contributed by atoms with Gasteiger partial charge in [0.2, 0.25) is 0 Å². The van der Waals surface area contributed by atoms with Crippen LogP contribution in [0.4, 0.5) is 10.1 Å². The molecule has 1 aromatic heterocycles. The Hall–Kier alpha value is -3.67. The summed E-state index contributed by atoms with van der Waals surface area (Å²) in [7, 11) is 0. The average Bonchev–Trinajstić information content (AvgIpc) is 3.31. The van der Waals surface area contributed by atoms with E-state index in [4.69, 9.17) is 4.42 Å². The number of rotatable bonds is 3. The van der Waals surface area contributed by atoms with Gasteiger partial charge >= 0.3 is 0 Å². The standard InChI is InChI=1S/C23H18FNO4/c1-13-8-9-15(11-14(13)2)21(26)19-20(18-7-4-10-29-18)25(23(28)22(19)27)17-6-3-5-16(24)12-17/h3-12,20,26H,1-2H3/b21-19-. The van der Waals surface area contributed by atoms with E-state index in [1.54, 1.807) is 24.3 Å². The van der Waals surface area contributed by atoms with Gasteiger partial charge in [0.05, 0.1) is 11.8 Å². The fraction of sp³-hybridized carbons (Fsp3) is 0.130. The molecule has 0 radical (unpaired) electrons. The van der Waals surface area contributed by atoms with Gasteiger partial charge in [0, 0.05) is 11.3 Å². The van der Waals surface area contributed by atoms with Crippen LogP contribution in [0.2, 0.25) is 0 Å². The van der Waals surface area contributed by atoms with Crippen molar-refractivity contribution in [2.45, 2.75) is 19.9 Å². The third-order valence-corrected chi connectivity index (χ3v) is 5.12. The number of hydrogen-bond donors (Lipinski definition) is 1. The van der Waals surface area contributed by atoms with E-state index in [0.29, 0.717) is 11.3 Å². The molecule has 1 aliphatic rings. The van der Waals surface area contributed by atoms with E-state index in [1.165, 1.54) is 24.5 Å². The summed E-state index contributed by atoms with van der Waals surface area (Å²) in [4.78, 5) is 26.9. The number of anilines is 1. The second-order valence-corrected chi connectivity index (χ2v) is 6.96. The second kappa shape index (κ2) is 7.05. The van der Waals surface area contributed by atoms with Gasteiger partial charge in [-0.2, -0.15) is 0 Å². The number of nitrogens with zero attached hydrogens (tertiary/aromatic N) is 1. The quantitative estimate of drug-likeness (QED) is 0.400. The Kier molecular flexibility index (Phi) is 4.54. The fourth-order valence-electron chi connectivity index (χ4n) is 3.49. The van der Waals surface area contributed by atoms with Crippen LogP contribution in [0.25, 0.3) is 5.76 Å². The number of aliphatic hydroxyl groups is 1. The lowest BCUT2D eigenvalue weighted by Crippen LogP contribution is -2.29. The van der Waals surface area contributed by atoms with Crippen molar-refractivity contribution in [3.63, 3.8) is 0 Å². The molecule has 1 aliphatic heterocycles. The normalized spacial score (nSPS) is 18.4. The summed E-state index contributed by atoms with van der Waals surface area (Å²) >= 11 is 0. The molecule has 0 aliphatic carbocycles. The Bertz CT molecular complexity index is 1150. The highest BCUT2D eigenvalue weighted by molar-refractivity contribution is 6.51. The van der Waals surface area contributed by atoms with Crippen LogP contribution < -0.4 is 4.90 Å². The first-order valence-electron chi connectivity index (χ1n) is 9.06. The van der Waals surface area contributed by atoms with Crippen molar-refractivity contribution in [3.8, 4) is 0 Å². The third-order valence-electron chi connectivity index (χ3n) is 5.12. The monoisotopic (exact) mass is 391 g/mol. The van der Waals surface area contributed by atoms with Crippen molar-refractivity contribution < 1.29 is 23.5 Å². The largest absolute Gasteiger partial charge is 0.507 e. The Morgan fingerprint density at radius 2 is 1.83 bits per heavy atom. The maximum absolute atomic E-state index is 13.8. The topological polar surface area (TPSA) is 70.8 Å². The molecule has 2 heterocycles. The summed E-state index contributed by atoms with van der Waals surface area (Å²) in [6, 6.07) is 12.9. The summed E-state index contributed by atoms with van der Waals surface area (Å²) in [6.45, 7) is 3.83. The van der Waals surface area contributed by atoms with Crippen molar-refractivity contribution in [1.82, 2.24) is 0 Å². The molecule has 3 aromatic rings. The Balaban J connectivity index is 1.94. The molecule has 1 fully saturated rings. The van der Waals surface area contributed by atoms with Crippen molar-refractivity contribution >= 4 is 23.1 Å². The highest BCUT2D eigenvalue weighted by Gasteiger charge is 2.48. The molecule has 5 nitrogen and oxygen atoms in total. The number of halogens is 1. The van der Waals surface area contributed by atoms with Crippen molar-refractivity contribution in [2.75, 3.05) is 4.90 Å². The van der Waals surface area contributed by atoms with Gasteiger partial charge in [0.25, 0.3) is 11.7 Å². The van der Waals surface area contributed by atoms with Crippen molar-refractivity contribution in [1.29, 1.82) is 0 Å². The van der Waals surface area contributed by atoms with Gasteiger partial charge < -0.3 is 9.52 Å². The van der Waals surface area contributed by atoms with Crippen LogP contribution in [-0.2, 0) is 9.59 Å². The lowest BCUT2D eigenvalue weighted by molar-refractivity contribution is -0.132. The number of carbonyl (C=O) groups excluding carboxylic acids is 2. The van der Waals surface area contributed by atoms with E-state index in [0.717, 1.165) is 22.1 Å². The minimum atomic E-state index is -1.01. The summed E-state index contributed by atoms with van der Waals surface area (Å²) in [5.74, 6) is -2.27. The summed E-state index contributed by atoms with van der Waals surface area (Å²) in [5.41, 5.74) is 2.49. The number of amides is 1. The lowest BCUT2D eigenvalue weighted by atomic mass is 9.97. The zero-order valence-electron chi connectivity index (χ0n) is 15.8. The van der Waals surface area contributed by atoms with E-state index in [-0.39, 0.29) is 17.0 Å². The number of furan rings is 1. The molecule has 1 unspecified atom stereocenters. The molecular formula is C23H18FNO4. The number of Topliss-reactive ketones (excluding diaryl/α,β-unsaturated/α-hetero) is 1. The first-order chi connectivity index (χ1) is 13.9. The minimum Gasteiger partial charge on any atom is -0.507 e. The predicted molar refractivity (Wildman–Crippen MR) is 106 cm³/mol. The molecular weight excluding hydrogens is 373 g/mol. The van der Waals surface area contributed by atoms with E-state index >= 15 is 0 Å². The first-order valence-corrected chi connectivity index (χ1v) is 9.06. The van der Waals surface area contributed by atoms with E-state index in [9.17, 15) is 19.1 Å². The van der Waals surface area contributed by atoms with Crippen LogP contribution in [0, 0.1) is 19.7 Å². The van der Waals surface area contributed by atoms with Crippen LogP contribution in [0.15, 0.2) is 70.9 Å². The SMILES string of the molecule is Cc1ccc(/C(O)=C2/C(=O)C(=O)N(c3cccc(F)c3)C2c2ccco2)cc1C. The van der Waals surface area contributed by atoms with Crippen molar-refractivity contribution in [3.05, 3.63) is 94.7 Å².